The highest BCUT2D eigenvalue weighted by molar-refractivity contribution is 9.10. The van der Waals surface area contributed by atoms with Gasteiger partial charge in [0.15, 0.2) is 6.10 Å². The molecule has 0 aromatic heterocycles. The largest absolute Gasteiger partial charge is 0.479 e. The van der Waals surface area contributed by atoms with Crippen LogP contribution in [-0.2, 0) is 11.2 Å². The Balaban J connectivity index is 1.81. The van der Waals surface area contributed by atoms with Crippen molar-refractivity contribution in [1.82, 2.24) is 0 Å². The number of aryl methyl sites for hydroxylation is 1. The summed E-state index contributed by atoms with van der Waals surface area (Å²) in [7, 11) is 0. The Bertz CT molecular complexity index is 690. The third-order valence-electron chi connectivity index (χ3n) is 3.41. The number of para-hydroxylation sites is 1. The van der Waals surface area contributed by atoms with Gasteiger partial charge in [0.1, 0.15) is 5.75 Å². The lowest BCUT2D eigenvalue weighted by molar-refractivity contribution is -0.122. The molecule has 3 rings (SSSR count). The van der Waals surface area contributed by atoms with Crippen LogP contribution in [0.1, 0.15) is 12.0 Å². The summed E-state index contributed by atoms with van der Waals surface area (Å²) in [5.74, 6) is 0.369. The minimum absolute atomic E-state index is 0.143. The van der Waals surface area contributed by atoms with Gasteiger partial charge in [-0.2, -0.15) is 0 Å². The number of anilines is 1. The average molecular weight is 367 g/mol. The van der Waals surface area contributed by atoms with Crippen LogP contribution >= 0.6 is 27.5 Å². The molecular formula is C16H13BrClNO2. The highest BCUT2D eigenvalue weighted by atomic mass is 79.9. The van der Waals surface area contributed by atoms with Gasteiger partial charge in [0.05, 0.1) is 5.02 Å². The van der Waals surface area contributed by atoms with E-state index in [1.54, 1.807) is 12.1 Å². The van der Waals surface area contributed by atoms with E-state index in [9.17, 15) is 4.79 Å². The Morgan fingerprint density at radius 2 is 2.05 bits per heavy atom. The molecule has 108 valence electrons. The monoisotopic (exact) mass is 365 g/mol. The molecule has 0 spiro atoms. The van der Waals surface area contributed by atoms with Crippen LogP contribution in [0.15, 0.2) is 46.9 Å². The SMILES string of the molecule is O=C1Nc2ccccc2CCC1Oc1cc(Br)ccc1Cl. The van der Waals surface area contributed by atoms with Crippen LogP contribution < -0.4 is 10.1 Å². The minimum atomic E-state index is -0.552. The molecule has 1 unspecified atom stereocenters. The molecule has 1 aliphatic heterocycles. The molecular weight excluding hydrogens is 354 g/mol. The van der Waals surface area contributed by atoms with Gasteiger partial charge in [-0.15, -0.1) is 0 Å². The van der Waals surface area contributed by atoms with E-state index >= 15 is 0 Å². The first-order valence-corrected chi connectivity index (χ1v) is 7.81. The van der Waals surface area contributed by atoms with Gasteiger partial charge in [-0.05, 0) is 42.7 Å². The Kier molecular flexibility index (Phi) is 4.17. The van der Waals surface area contributed by atoms with Crippen molar-refractivity contribution >= 4 is 39.1 Å². The highest BCUT2D eigenvalue weighted by Crippen LogP contribution is 2.30. The lowest BCUT2D eigenvalue weighted by Gasteiger charge is -2.17. The van der Waals surface area contributed by atoms with Crippen LogP contribution in [-0.4, -0.2) is 12.0 Å². The molecule has 1 amide bonds. The van der Waals surface area contributed by atoms with E-state index in [0.717, 1.165) is 22.1 Å². The van der Waals surface area contributed by atoms with Crippen molar-refractivity contribution in [3.05, 3.63) is 57.5 Å². The van der Waals surface area contributed by atoms with Gasteiger partial charge in [-0.3, -0.25) is 4.79 Å². The van der Waals surface area contributed by atoms with Crippen molar-refractivity contribution in [1.29, 1.82) is 0 Å². The lowest BCUT2D eigenvalue weighted by Crippen LogP contribution is -2.31. The molecule has 1 N–H and O–H groups in total. The van der Waals surface area contributed by atoms with Crippen LogP contribution in [0.4, 0.5) is 5.69 Å². The van der Waals surface area contributed by atoms with Crippen molar-refractivity contribution in [2.45, 2.75) is 18.9 Å². The number of fused-ring (bicyclic) bond motifs is 1. The molecule has 0 bridgehead atoms. The highest BCUT2D eigenvalue weighted by Gasteiger charge is 2.25. The predicted octanol–water partition coefficient (Wildman–Crippen LogP) is 4.43. The Hall–Kier alpha value is -1.52. The molecule has 0 aliphatic carbocycles. The van der Waals surface area contributed by atoms with Gasteiger partial charge in [-0.25, -0.2) is 0 Å². The number of benzene rings is 2. The molecule has 2 aromatic rings. The van der Waals surface area contributed by atoms with Crippen LogP contribution in [0, 0.1) is 0 Å². The fraction of sp³-hybridized carbons (Fsp3) is 0.188. The first kappa shape index (κ1) is 14.4. The standard InChI is InChI=1S/C16H13BrClNO2/c17-11-6-7-12(18)15(9-11)21-14-8-5-10-3-1-2-4-13(10)19-16(14)20/h1-4,6-7,9,14H,5,8H2,(H,19,20). The first-order chi connectivity index (χ1) is 10.1. The fourth-order valence-electron chi connectivity index (χ4n) is 2.32. The van der Waals surface area contributed by atoms with Crippen molar-refractivity contribution in [3.63, 3.8) is 0 Å². The second-order valence-corrected chi connectivity index (χ2v) is 6.19. The van der Waals surface area contributed by atoms with Gasteiger partial charge in [-0.1, -0.05) is 45.7 Å². The summed E-state index contributed by atoms with van der Waals surface area (Å²) in [6.45, 7) is 0. The number of amides is 1. The maximum absolute atomic E-state index is 12.3. The summed E-state index contributed by atoms with van der Waals surface area (Å²) in [4.78, 5) is 12.3. The van der Waals surface area contributed by atoms with E-state index in [4.69, 9.17) is 16.3 Å². The molecule has 1 aliphatic rings. The quantitative estimate of drug-likeness (QED) is 0.853. The molecule has 0 fully saturated rings. The van der Waals surface area contributed by atoms with Crippen molar-refractivity contribution in [2.24, 2.45) is 0 Å². The summed E-state index contributed by atoms with van der Waals surface area (Å²) in [5.41, 5.74) is 1.98. The van der Waals surface area contributed by atoms with E-state index in [0.29, 0.717) is 17.2 Å². The molecule has 21 heavy (non-hydrogen) atoms. The third kappa shape index (κ3) is 3.22. The van der Waals surface area contributed by atoms with Crippen molar-refractivity contribution in [3.8, 4) is 5.75 Å². The minimum Gasteiger partial charge on any atom is -0.479 e. The van der Waals surface area contributed by atoms with Crippen molar-refractivity contribution in [2.75, 3.05) is 5.32 Å². The number of halogens is 2. The van der Waals surface area contributed by atoms with Crippen LogP contribution in [0.3, 0.4) is 0 Å². The second-order valence-electron chi connectivity index (χ2n) is 4.87. The molecule has 1 heterocycles. The Morgan fingerprint density at radius 3 is 2.90 bits per heavy atom. The molecule has 1 atom stereocenters. The Labute approximate surface area is 136 Å². The molecule has 0 saturated carbocycles. The zero-order valence-corrected chi connectivity index (χ0v) is 13.4. The van der Waals surface area contributed by atoms with E-state index in [-0.39, 0.29) is 5.91 Å². The normalized spacial score (nSPS) is 17.6. The van der Waals surface area contributed by atoms with Gasteiger partial charge >= 0.3 is 0 Å². The maximum atomic E-state index is 12.3. The molecule has 3 nitrogen and oxygen atoms in total. The van der Waals surface area contributed by atoms with Crippen LogP contribution in [0.5, 0.6) is 5.75 Å². The molecule has 2 aromatic carbocycles. The number of rotatable bonds is 2. The second kappa shape index (κ2) is 6.08. The van der Waals surface area contributed by atoms with E-state index in [2.05, 4.69) is 21.2 Å². The summed E-state index contributed by atoms with van der Waals surface area (Å²) >= 11 is 9.49. The van der Waals surface area contributed by atoms with Gasteiger partial charge in [0, 0.05) is 10.2 Å². The van der Waals surface area contributed by atoms with Gasteiger partial charge < -0.3 is 10.1 Å². The first-order valence-electron chi connectivity index (χ1n) is 6.64. The number of nitrogens with one attached hydrogen (secondary N) is 1. The predicted molar refractivity (Wildman–Crippen MR) is 87.0 cm³/mol. The smallest absolute Gasteiger partial charge is 0.265 e. The summed E-state index contributed by atoms with van der Waals surface area (Å²) in [6, 6.07) is 13.1. The molecule has 0 radical (unpaired) electrons. The van der Waals surface area contributed by atoms with Crippen LogP contribution in [0.2, 0.25) is 5.02 Å². The number of hydrogen-bond donors (Lipinski definition) is 1. The number of carbonyl (C=O) groups is 1. The number of carbonyl (C=O) groups excluding carboxylic acids is 1. The fourth-order valence-corrected chi connectivity index (χ4v) is 2.83. The van der Waals surface area contributed by atoms with E-state index < -0.39 is 6.10 Å². The van der Waals surface area contributed by atoms with Crippen LogP contribution in [0.25, 0.3) is 0 Å². The zero-order chi connectivity index (χ0) is 14.8. The number of hydrogen-bond acceptors (Lipinski definition) is 2. The van der Waals surface area contributed by atoms with Gasteiger partial charge in [0.2, 0.25) is 0 Å². The molecule has 0 saturated heterocycles. The summed E-state index contributed by atoms with van der Waals surface area (Å²) < 4.78 is 6.68. The van der Waals surface area contributed by atoms with E-state index in [1.165, 1.54) is 0 Å². The number of ether oxygens (including phenoxy) is 1. The zero-order valence-electron chi connectivity index (χ0n) is 11.1. The van der Waals surface area contributed by atoms with Gasteiger partial charge in [0.25, 0.3) is 5.91 Å². The Morgan fingerprint density at radius 1 is 1.24 bits per heavy atom. The molecule has 5 heteroatoms. The van der Waals surface area contributed by atoms with Crippen molar-refractivity contribution < 1.29 is 9.53 Å². The average Bonchev–Trinajstić information content (AvgIpc) is 2.62. The lowest BCUT2D eigenvalue weighted by atomic mass is 10.1. The summed E-state index contributed by atoms with van der Waals surface area (Å²) in [5, 5.41) is 3.40. The third-order valence-corrected chi connectivity index (χ3v) is 4.21. The van der Waals surface area contributed by atoms with E-state index in [1.807, 2.05) is 30.3 Å². The summed E-state index contributed by atoms with van der Waals surface area (Å²) in [6.07, 6.45) is 0.848. The topological polar surface area (TPSA) is 38.3 Å². The maximum Gasteiger partial charge on any atom is 0.265 e.